The average molecular weight is 365 g/mol. The van der Waals surface area contributed by atoms with E-state index in [4.69, 9.17) is 5.73 Å². The number of thioether (sulfide) groups is 1. The Morgan fingerprint density at radius 3 is 2.58 bits per heavy atom. The van der Waals surface area contributed by atoms with Crippen molar-refractivity contribution >= 4 is 37.7 Å². The van der Waals surface area contributed by atoms with Gasteiger partial charge in [0.1, 0.15) is 0 Å². The van der Waals surface area contributed by atoms with Crippen LogP contribution in [-0.2, 0) is 16.6 Å². The van der Waals surface area contributed by atoms with E-state index in [-0.39, 0.29) is 0 Å². The Morgan fingerprint density at radius 1 is 1.37 bits per heavy atom. The fraction of sp³-hybridized carbons (Fsp3) is 0.500. The van der Waals surface area contributed by atoms with Crippen molar-refractivity contribution in [2.45, 2.75) is 18.4 Å². The summed E-state index contributed by atoms with van der Waals surface area (Å²) < 4.78 is 27.7. The molecule has 0 aliphatic carbocycles. The molecule has 1 aliphatic heterocycles. The second-order valence-corrected chi connectivity index (χ2v) is 8.41. The van der Waals surface area contributed by atoms with Gasteiger partial charge >= 0.3 is 0 Å². The van der Waals surface area contributed by atoms with Gasteiger partial charge in [-0.3, -0.25) is 0 Å². The molecule has 0 bridgehead atoms. The van der Waals surface area contributed by atoms with Crippen LogP contribution in [0.3, 0.4) is 0 Å². The van der Waals surface area contributed by atoms with Gasteiger partial charge in [0, 0.05) is 35.6 Å². The van der Waals surface area contributed by atoms with Gasteiger partial charge in [0.25, 0.3) is 0 Å². The van der Waals surface area contributed by atoms with Crippen LogP contribution in [0.25, 0.3) is 0 Å². The molecule has 106 valence electrons. The highest BCUT2D eigenvalue weighted by Crippen LogP contribution is 2.29. The van der Waals surface area contributed by atoms with Crippen molar-refractivity contribution in [3.05, 3.63) is 27.7 Å². The molecule has 4 nitrogen and oxygen atoms in total. The molecule has 19 heavy (non-hydrogen) atoms. The SMILES string of the molecule is Cc1c(Br)cc(CN)cc1S(=O)(=O)N1CCSCC1. The number of sulfonamides is 1. The third-order valence-electron chi connectivity index (χ3n) is 3.18. The second-order valence-electron chi connectivity index (χ2n) is 4.42. The molecule has 0 amide bonds. The highest BCUT2D eigenvalue weighted by molar-refractivity contribution is 9.10. The van der Waals surface area contributed by atoms with Crippen LogP contribution in [0.5, 0.6) is 0 Å². The minimum absolute atomic E-state index is 0.331. The molecule has 7 heteroatoms. The Labute approximate surface area is 126 Å². The fourth-order valence-corrected chi connectivity index (χ4v) is 5.53. The van der Waals surface area contributed by atoms with Gasteiger partial charge in [0.15, 0.2) is 0 Å². The molecule has 1 saturated heterocycles. The van der Waals surface area contributed by atoms with Gasteiger partial charge in [-0.15, -0.1) is 0 Å². The van der Waals surface area contributed by atoms with Crippen LogP contribution in [0.15, 0.2) is 21.5 Å². The summed E-state index contributed by atoms with van der Waals surface area (Å²) in [5, 5.41) is 0. The first-order valence-corrected chi connectivity index (χ1v) is 9.42. The van der Waals surface area contributed by atoms with E-state index in [2.05, 4.69) is 15.9 Å². The summed E-state index contributed by atoms with van der Waals surface area (Å²) in [4.78, 5) is 0.370. The molecule has 0 atom stereocenters. The lowest BCUT2D eigenvalue weighted by Gasteiger charge is -2.26. The topological polar surface area (TPSA) is 63.4 Å². The van der Waals surface area contributed by atoms with Crippen LogP contribution < -0.4 is 5.73 Å². The summed E-state index contributed by atoms with van der Waals surface area (Å²) in [5.74, 6) is 1.71. The summed E-state index contributed by atoms with van der Waals surface area (Å²) >= 11 is 5.20. The number of hydrogen-bond acceptors (Lipinski definition) is 4. The van der Waals surface area contributed by atoms with E-state index in [0.29, 0.717) is 24.5 Å². The molecule has 1 aromatic rings. The second kappa shape index (κ2) is 6.13. The number of nitrogens with zero attached hydrogens (tertiary/aromatic N) is 1. The highest BCUT2D eigenvalue weighted by Gasteiger charge is 2.28. The number of hydrogen-bond donors (Lipinski definition) is 1. The van der Waals surface area contributed by atoms with Crippen LogP contribution in [-0.4, -0.2) is 37.3 Å². The fourth-order valence-electron chi connectivity index (χ4n) is 2.02. The smallest absolute Gasteiger partial charge is 0.243 e. The number of benzene rings is 1. The van der Waals surface area contributed by atoms with Crippen molar-refractivity contribution in [2.75, 3.05) is 24.6 Å². The lowest BCUT2D eigenvalue weighted by Crippen LogP contribution is -2.38. The maximum Gasteiger partial charge on any atom is 0.243 e. The maximum atomic E-state index is 12.7. The highest BCUT2D eigenvalue weighted by atomic mass is 79.9. The van der Waals surface area contributed by atoms with Gasteiger partial charge in [-0.25, -0.2) is 8.42 Å². The van der Waals surface area contributed by atoms with Crippen LogP contribution in [0.2, 0.25) is 0 Å². The Hall–Kier alpha value is -0.0800. The Morgan fingerprint density at radius 2 is 2.00 bits per heavy atom. The van der Waals surface area contributed by atoms with Gasteiger partial charge in [0.2, 0.25) is 10.0 Å². The molecule has 0 radical (unpaired) electrons. The lowest BCUT2D eigenvalue weighted by molar-refractivity contribution is 0.443. The van der Waals surface area contributed by atoms with Crippen LogP contribution in [0, 0.1) is 6.92 Å². The van der Waals surface area contributed by atoms with E-state index in [9.17, 15) is 8.42 Å². The van der Waals surface area contributed by atoms with Gasteiger partial charge in [0.05, 0.1) is 4.90 Å². The third-order valence-corrected chi connectivity index (χ3v) is 6.97. The first-order chi connectivity index (χ1) is 8.96. The van der Waals surface area contributed by atoms with E-state index >= 15 is 0 Å². The standard InChI is InChI=1S/C12H17BrN2O2S2/c1-9-11(13)6-10(8-14)7-12(9)19(16,17)15-2-4-18-5-3-15/h6-7H,2-5,8,14H2,1H3. The normalized spacial score (nSPS) is 17.6. The number of rotatable bonds is 3. The summed E-state index contributed by atoms with van der Waals surface area (Å²) in [5.41, 5.74) is 7.19. The number of nitrogens with two attached hydrogens (primary N) is 1. The lowest BCUT2D eigenvalue weighted by atomic mass is 10.1. The zero-order valence-corrected chi connectivity index (χ0v) is 13.9. The van der Waals surface area contributed by atoms with E-state index in [1.54, 1.807) is 22.1 Å². The van der Waals surface area contributed by atoms with Gasteiger partial charge in [-0.05, 0) is 30.2 Å². The van der Waals surface area contributed by atoms with Gasteiger partial charge < -0.3 is 5.73 Å². The monoisotopic (exact) mass is 364 g/mol. The number of halogens is 1. The molecular weight excluding hydrogens is 348 g/mol. The molecule has 0 unspecified atom stereocenters. The molecule has 2 rings (SSSR count). The van der Waals surface area contributed by atoms with Crippen molar-refractivity contribution in [3.8, 4) is 0 Å². The predicted molar refractivity (Wildman–Crippen MR) is 82.9 cm³/mol. The molecule has 0 spiro atoms. The Bertz CT molecular complexity index is 569. The molecular formula is C12H17BrN2O2S2. The minimum atomic E-state index is -3.41. The van der Waals surface area contributed by atoms with Crippen LogP contribution >= 0.6 is 27.7 Å². The summed E-state index contributed by atoms with van der Waals surface area (Å²) in [6.07, 6.45) is 0. The van der Waals surface area contributed by atoms with Gasteiger partial charge in [-0.1, -0.05) is 15.9 Å². The molecule has 0 aromatic heterocycles. The van der Waals surface area contributed by atoms with Crippen LogP contribution in [0.1, 0.15) is 11.1 Å². The Balaban J connectivity index is 2.47. The quantitative estimate of drug-likeness (QED) is 0.890. The van der Waals surface area contributed by atoms with Crippen molar-refractivity contribution in [1.29, 1.82) is 0 Å². The summed E-state index contributed by atoms with van der Waals surface area (Å²) in [6.45, 7) is 3.31. The van der Waals surface area contributed by atoms with E-state index in [1.807, 2.05) is 13.0 Å². The molecule has 1 aliphatic rings. The first-order valence-electron chi connectivity index (χ1n) is 6.04. The largest absolute Gasteiger partial charge is 0.326 e. The van der Waals surface area contributed by atoms with E-state index in [1.165, 1.54) is 0 Å². The Kier molecular flexibility index (Phi) is 4.94. The zero-order chi connectivity index (χ0) is 14.0. The average Bonchev–Trinajstić information content (AvgIpc) is 2.42. The van der Waals surface area contributed by atoms with Crippen molar-refractivity contribution in [2.24, 2.45) is 5.73 Å². The summed E-state index contributed by atoms with van der Waals surface area (Å²) in [6, 6.07) is 3.57. The van der Waals surface area contributed by atoms with Crippen molar-refractivity contribution in [3.63, 3.8) is 0 Å². The minimum Gasteiger partial charge on any atom is -0.326 e. The van der Waals surface area contributed by atoms with Crippen molar-refractivity contribution < 1.29 is 8.42 Å². The third kappa shape index (κ3) is 3.16. The van der Waals surface area contributed by atoms with Crippen molar-refractivity contribution in [1.82, 2.24) is 4.31 Å². The molecule has 0 saturated carbocycles. The van der Waals surface area contributed by atoms with Crippen LogP contribution in [0.4, 0.5) is 0 Å². The van der Waals surface area contributed by atoms with E-state index < -0.39 is 10.0 Å². The predicted octanol–water partition coefficient (Wildman–Crippen LogP) is 1.95. The molecule has 1 fully saturated rings. The van der Waals surface area contributed by atoms with Gasteiger partial charge in [-0.2, -0.15) is 16.1 Å². The molecule has 2 N–H and O–H groups in total. The molecule has 1 aromatic carbocycles. The van der Waals surface area contributed by atoms with E-state index in [0.717, 1.165) is 27.1 Å². The summed E-state index contributed by atoms with van der Waals surface area (Å²) in [7, 11) is -3.41. The zero-order valence-electron chi connectivity index (χ0n) is 10.7. The molecule has 1 heterocycles. The maximum absolute atomic E-state index is 12.7. The first kappa shape index (κ1) is 15.3.